The van der Waals surface area contributed by atoms with Gasteiger partial charge >= 0.3 is 0 Å². The molecule has 1 fully saturated rings. The van der Waals surface area contributed by atoms with Gasteiger partial charge in [-0.05, 0) is 25.0 Å². The summed E-state index contributed by atoms with van der Waals surface area (Å²) < 4.78 is 26.8. The molecule has 1 atom stereocenters. The van der Waals surface area contributed by atoms with E-state index in [2.05, 4.69) is 5.32 Å². The lowest BCUT2D eigenvalue weighted by atomic mass is 9.94. The molecule has 1 aromatic rings. The smallest absolute Gasteiger partial charge is 0.227 e. The number of hydrogen-bond donors (Lipinski definition) is 2. The summed E-state index contributed by atoms with van der Waals surface area (Å²) in [7, 11) is 0. The average molecular weight is 376 g/mol. The summed E-state index contributed by atoms with van der Waals surface area (Å²) in [6.07, 6.45) is 1.44. The topological polar surface area (TPSA) is 75.4 Å². The van der Waals surface area contributed by atoms with Crippen molar-refractivity contribution in [2.75, 3.05) is 18.0 Å². The highest BCUT2D eigenvalue weighted by atomic mass is 35.5. The van der Waals surface area contributed by atoms with Crippen molar-refractivity contribution in [1.82, 2.24) is 5.32 Å². The van der Waals surface area contributed by atoms with Gasteiger partial charge in [0, 0.05) is 31.1 Å². The molecule has 25 heavy (non-hydrogen) atoms. The Hall–Kier alpha value is -1.73. The Bertz CT molecular complexity index is 638. The first-order valence-electron chi connectivity index (χ1n) is 8.11. The van der Waals surface area contributed by atoms with Crippen LogP contribution in [0.2, 0.25) is 0 Å². The first-order chi connectivity index (χ1) is 11.3. The van der Waals surface area contributed by atoms with Crippen molar-refractivity contribution in [3.63, 3.8) is 0 Å². The van der Waals surface area contributed by atoms with Gasteiger partial charge in [0.15, 0.2) is 0 Å². The van der Waals surface area contributed by atoms with E-state index >= 15 is 0 Å². The van der Waals surface area contributed by atoms with E-state index in [0.717, 1.165) is 25.0 Å². The van der Waals surface area contributed by atoms with Gasteiger partial charge in [0.05, 0.1) is 11.6 Å². The fraction of sp³-hybridized carbons (Fsp3) is 0.529. The number of hydrogen-bond acceptors (Lipinski definition) is 3. The zero-order valence-electron chi connectivity index (χ0n) is 14.4. The van der Waals surface area contributed by atoms with Crippen LogP contribution >= 0.6 is 12.4 Å². The van der Waals surface area contributed by atoms with Crippen LogP contribution < -0.4 is 16.0 Å². The third-order valence-electron chi connectivity index (χ3n) is 4.72. The Morgan fingerprint density at radius 3 is 2.56 bits per heavy atom. The normalized spacial score (nSPS) is 17.4. The van der Waals surface area contributed by atoms with Gasteiger partial charge < -0.3 is 16.0 Å². The van der Waals surface area contributed by atoms with Crippen molar-refractivity contribution in [1.29, 1.82) is 0 Å². The number of benzene rings is 1. The van der Waals surface area contributed by atoms with Crippen molar-refractivity contribution >= 4 is 29.9 Å². The van der Waals surface area contributed by atoms with Crippen LogP contribution in [0.4, 0.5) is 14.5 Å². The number of nitrogens with two attached hydrogens (primary N) is 1. The molecule has 0 radical (unpaired) electrons. The third-order valence-corrected chi connectivity index (χ3v) is 4.72. The number of anilines is 1. The number of amides is 2. The minimum absolute atomic E-state index is 0. The van der Waals surface area contributed by atoms with Crippen LogP contribution in [0.5, 0.6) is 0 Å². The third kappa shape index (κ3) is 4.89. The zero-order valence-corrected chi connectivity index (χ0v) is 15.2. The number of carbonyl (C=O) groups excluding carboxylic acids is 2. The highest BCUT2D eigenvalue weighted by molar-refractivity contribution is 6.00. The van der Waals surface area contributed by atoms with Crippen molar-refractivity contribution in [2.45, 2.75) is 38.6 Å². The van der Waals surface area contributed by atoms with Crippen molar-refractivity contribution in [3.8, 4) is 0 Å². The molecule has 8 heteroatoms. The minimum Gasteiger partial charge on any atom is -0.354 e. The van der Waals surface area contributed by atoms with E-state index in [1.165, 1.54) is 11.0 Å². The van der Waals surface area contributed by atoms with E-state index in [9.17, 15) is 18.4 Å². The Labute approximate surface area is 152 Å². The van der Waals surface area contributed by atoms with Gasteiger partial charge in [0.25, 0.3) is 0 Å². The van der Waals surface area contributed by atoms with Gasteiger partial charge in [-0.3, -0.25) is 9.59 Å². The van der Waals surface area contributed by atoms with E-state index in [4.69, 9.17) is 5.73 Å². The molecule has 5 nitrogen and oxygen atoms in total. The minimum atomic E-state index is -0.817. The first-order valence-corrected chi connectivity index (χ1v) is 8.11. The molecular weight excluding hydrogens is 352 g/mol. The summed E-state index contributed by atoms with van der Waals surface area (Å²) in [5.74, 6) is -2.73. The summed E-state index contributed by atoms with van der Waals surface area (Å²) >= 11 is 0. The van der Waals surface area contributed by atoms with Crippen LogP contribution in [0.3, 0.4) is 0 Å². The van der Waals surface area contributed by atoms with Crippen LogP contribution in [-0.2, 0) is 9.59 Å². The molecule has 0 aliphatic carbocycles. The van der Waals surface area contributed by atoms with Gasteiger partial charge in [-0.2, -0.15) is 0 Å². The molecule has 1 unspecified atom stereocenters. The van der Waals surface area contributed by atoms with Gasteiger partial charge in [-0.25, -0.2) is 8.78 Å². The molecular formula is C17H24ClF2N3O2. The van der Waals surface area contributed by atoms with Gasteiger partial charge in [-0.15, -0.1) is 12.4 Å². The molecule has 2 amide bonds. The predicted molar refractivity (Wildman–Crippen MR) is 94.6 cm³/mol. The first kappa shape index (κ1) is 21.3. The molecule has 1 aromatic carbocycles. The maximum atomic E-state index is 13.8. The monoisotopic (exact) mass is 375 g/mol. The summed E-state index contributed by atoms with van der Waals surface area (Å²) in [5, 5.41) is 2.79. The molecule has 0 saturated carbocycles. The fourth-order valence-corrected chi connectivity index (χ4v) is 2.72. The Morgan fingerprint density at radius 1 is 1.36 bits per heavy atom. The van der Waals surface area contributed by atoms with E-state index in [1.807, 2.05) is 13.8 Å². The van der Waals surface area contributed by atoms with Gasteiger partial charge in [0.1, 0.15) is 11.6 Å². The predicted octanol–water partition coefficient (Wildman–Crippen LogP) is 2.37. The van der Waals surface area contributed by atoms with Crippen molar-refractivity contribution in [3.05, 3.63) is 29.8 Å². The highest BCUT2D eigenvalue weighted by Gasteiger charge is 2.36. The zero-order chi connectivity index (χ0) is 17.9. The Balaban J connectivity index is 0.00000312. The SMILES string of the molecule is CCC(N)(CC)CNC(=O)C1CC(=O)N(c2ccc(F)cc2F)C1.Cl. The number of nitrogens with one attached hydrogen (secondary N) is 1. The van der Waals surface area contributed by atoms with Gasteiger partial charge in [0.2, 0.25) is 11.8 Å². The van der Waals surface area contributed by atoms with Gasteiger partial charge in [-0.1, -0.05) is 13.8 Å². The molecule has 0 aromatic heterocycles. The van der Waals surface area contributed by atoms with Crippen LogP contribution in [-0.4, -0.2) is 30.4 Å². The Morgan fingerprint density at radius 2 is 2.00 bits per heavy atom. The second kappa shape index (κ2) is 8.58. The lowest BCUT2D eigenvalue weighted by Crippen LogP contribution is -2.50. The molecule has 2 rings (SSSR count). The van der Waals surface area contributed by atoms with Crippen molar-refractivity contribution < 1.29 is 18.4 Å². The number of nitrogens with zero attached hydrogens (tertiary/aromatic N) is 1. The number of halogens is 3. The molecule has 1 heterocycles. The molecule has 3 N–H and O–H groups in total. The molecule has 1 aliphatic heterocycles. The number of carbonyl (C=O) groups is 2. The van der Waals surface area contributed by atoms with Crippen LogP contribution in [0.25, 0.3) is 0 Å². The molecule has 1 saturated heterocycles. The standard InChI is InChI=1S/C17H23F2N3O2.ClH/c1-3-17(20,4-2)10-21-16(24)11-7-15(23)22(9-11)14-6-5-12(18)8-13(14)19;/h5-6,8,11H,3-4,7,9-10,20H2,1-2H3,(H,21,24);1H. The lowest BCUT2D eigenvalue weighted by molar-refractivity contribution is -0.126. The molecule has 1 aliphatic rings. The fourth-order valence-electron chi connectivity index (χ4n) is 2.72. The molecule has 0 spiro atoms. The second-order valence-electron chi connectivity index (χ2n) is 6.29. The summed E-state index contributed by atoms with van der Waals surface area (Å²) in [6.45, 7) is 4.30. The molecule has 0 bridgehead atoms. The number of rotatable bonds is 6. The largest absolute Gasteiger partial charge is 0.354 e. The summed E-state index contributed by atoms with van der Waals surface area (Å²) in [6, 6.07) is 3.02. The maximum absolute atomic E-state index is 13.8. The van der Waals surface area contributed by atoms with Crippen LogP contribution in [0.15, 0.2) is 18.2 Å². The van der Waals surface area contributed by atoms with Crippen LogP contribution in [0, 0.1) is 17.6 Å². The van der Waals surface area contributed by atoms with Crippen LogP contribution in [0.1, 0.15) is 33.1 Å². The lowest BCUT2D eigenvalue weighted by Gasteiger charge is -2.27. The second-order valence-corrected chi connectivity index (χ2v) is 6.29. The van der Waals surface area contributed by atoms with E-state index in [-0.39, 0.29) is 42.9 Å². The maximum Gasteiger partial charge on any atom is 0.227 e. The summed E-state index contributed by atoms with van der Waals surface area (Å²) in [4.78, 5) is 25.6. The van der Waals surface area contributed by atoms with Crippen molar-refractivity contribution in [2.24, 2.45) is 11.7 Å². The van der Waals surface area contributed by atoms with E-state index < -0.39 is 23.1 Å². The quantitative estimate of drug-likeness (QED) is 0.801. The summed E-state index contributed by atoms with van der Waals surface area (Å²) in [5.41, 5.74) is 5.67. The highest BCUT2D eigenvalue weighted by Crippen LogP contribution is 2.28. The van der Waals surface area contributed by atoms with E-state index in [1.54, 1.807) is 0 Å². The molecule has 140 valence electrons. The Kier molecular flexibility index (Phi) is 7.31. The average Bonchev–Trinajstić information content (AvgIpc) is 2.94. The van der Waals surface area contributed by atoms with E-state index in [0.29, 0.717) is 6.54 Å².